The van der Waals surface area contributed by atoms with Gasteiger partial charge in [-0.25, -0.2) is 0 Å². The quantitative estimate of drug-likeness (QED) is 0.706. The van der Waals surface area contributed by atoms with Crippen molar-refractivity contribution in [2.75, 3.05) is 13.1 Å². The molecule has 0 spiro atoms. The van der Waals surface area contributed by atoms with Gasteiger partial charge < -0.3 is 0 Å². The molecule has 1 aliphatic carbocycles. The minimum absolute atomic E-state index is 0. The summed E-state index contributed by atoms with van der Waals surface area (Å²) in [5.41, 5.74) is 0.331. The van der Waals surface area contributed by atoms with E-state index in [0.717, 1.165) is 12.5 Å². The van der Waals surface area contributed by atoms with Gasteiger partial charge in [0.25, 0.3) is 0 Å². The molecule has 0 aromatic carbocycles. The molecule has 0 radical (unpaired) electrons. The molecule has 0 amide bonds. The van der Waals surface area contributed by atoms with Gasteiger partial charge in [-0.05, 0) is 36.6 Å². The van der Waals surface area contributed by atoms with Gasteiger partial charge in [0.2, 0.25) is 0 Å². The highest BCUT2D eigenvalue weighted by molar-refractivity contribution is 7.10. The molecule has 19 heavy (non-hydrogen) atoms. The minimum atomic E-state index is 0. The van der Waals surface area contributed by atoms with Crippen LogP contribution in [0.5, 0.6) is 0 Å². The first-order chi connectivity index (χ1) is 8.84. The van der Waals surface area contributed by atoms with Gasteiger partial charge in [0.15, 0.2) is 0 Å². The van der Waals surface area contributed by atoms with Crippen LogP contribution in [0.15, 0.2) is 29.7 Å². The molecule has 2 atom stereocenters. The van der Waals surface area contributed by atoms with Crippen LogP contribution in [0.4, 0.5) is 0 Å². The lowest BCUT2D eigenvalue weighted by Crippen LogP contribution is -2.52. The summed E-state index contributed by atoms with van der Waals surface area (Å²) in [6, 6.07) is 4.59. The Morgan fingerprint density at radius 3 is 2.84 bits per heavy atom. The van der Waals surface area contributed by atoms with Crippen LogP contribution in [-0.2, 0) is 5.54 Å². The fraction of sp³-hybridized carbons (Fsp3) is 0.625. The number of halogens is 1. The van der Waals surface area contributed by atoms with Crippen molar-refractivity contribution in [3.63, 3.8) is 0 Å². The monoisotopic (exact) mass is 297 g/mol. The molecule has 1 saturated carbocycles. The average molecular weight is 298 g/mol. The summed E-state index contributed by atoms with van der Waals surface area (Å²) in [5.74, 6) is 0.788. The fourth-order valence-corrected chi connectivity index (χ4v) is 4.95. The van der Waals surface area contributed by atoms with E-state index in [0.29, 0.717) is 5.54 Å². The second kappa shape index (κ2) is 6.43. The first-order valence-electron chi connectivity index (χ1n) is 7.28. The van der Waals surface area contributed by atoms with Gasteiger partial charge in [0, 0.05) is 18.0 Å². The molecule has 2 heterocycles. The van der Waals surface area contributed by atoms with Crippen LogP contribution in [0.1, 0.15) is 43.9 Å². The molecule has 0 N–H and O–H groups in total. The molecule has 1 fully saturated rings. The Morgan fingerprint density at radius 2 is 2.21 bits per heavy atom. The van der Waals surface area contributed by atoms with Crippen LogP contribution in [0.2, 0.25) is 0 Å². The third-order valence-corrected chi connectivity index (χ3v) is 5.87. The van der Waals surface area contributed by atoms with Gasteiger partial charge in [-0.1, -0.05) is 38.0 Å². The van der Waals surface area contributed by atoms with Crippen molar-refractivity contribution >= 4 is 23.7 Å². The molecular formula is C16H24ClNS. The second-order valence-corrected chi connectivity index (χ2v) is 6.70. The maximum Gasteiger partial charge on any atom is 0.0582 e. The Bertz CT molecular complexity index is 414. The number of thiophene rings is 1. The van der Waals surface area contributed by atoms with Crippen molar-refractivity contribution < 1.29 is 0 Å². The summed E-state index contributed by atoms with van der Waals surface area (Å²) < 4.78 is 0. The number of hydrogen-bond donors (Lipinski definition) is 0. The van der Waals surface area contributed by atoms with Crippen molar-refractivity contribution in [3.05, 3.63) is 34.5 Å². The van der Waals surface area contributed by atoms with Crippen LogP contribution in [0, 0.1) is 5.92 Å². The average Bonchev–Trinajstić information content (AvgIpc) is 2.95. The van der Waals surface area contributed by atoms with E-state index in [-0.39, 0.29) is 12.4 Å². The highest BCUT2D eigenvalue weighted by atomic mass is 35.5. The first-order valence-corrected chi connectivity index (χ1v) is 8.16. The van der Waals surface area contributed by atoms with Crippen LogP contribution >= 0.6 is 23.7 Å². The van der Waals surface area contributed by atoms with E-state index in [1.807, 2.05) is 11.3 Å². The van der Waals surface area contributed by atoms with Gasteiger partial charge in [-0.3, -0.25) is 4.90 Å². The molecule has 0 saturated heterocycles. The zero-order valence-corrected chi connectivity index (χ0v) is 13.3. The van der Waals surface area contributed by atoms with Crippen molar-refractivity contribution in [1.29, 1.82) is 0 Å². The molecule has 106 valence electrons. The predicted molar refractivity (Wildman–Crippen MR) is 86.2 cm³/mol. The molecule has 0 bridgehead atoms. The smallest absolute Gasteiger partial charge is 0.0582 e. The molecule has 1 nitrogen and oxygen atoms in total. The Labute approximate surface area is 127 Å². The Morgan fingerprint density at radius 1 is 1.32 bits per heavy atom. The lowest BCUT2D eigenvalue weighted by Gasteiger charge is -2.50. The molecule has 1 aromatic rings. The summed E-state index contributed by atoms with van der Waals surface area (Å²) in [4.78, 5) is 4.35. The number of hydrogen-bond acceptors (Lipinski definition) is 2. The van der Waals surface area contributed by atoms with Crippen LogP contribution in [-0.4, -0.2) is 18.0 Å². The minimum Gasteiger partial charge on any atom is -0.289 e. The summed E-state index contributed by atoms with van der Waals surface area (Å²) >= 11 is 1.96. The van der Waals surface area contributed by atoms with Crippen molar-refractivity contribution in [2.45, 2.75) is 44.6 Å². The molecule has 1 aromatic heterocycles. The highest BCUT2D eigenvalue weighted by Crippen LogP contribution is 2.48. The second-order valence-electron chi connectivity index (χ2n) is 5.75. The third-order valence-electron chi connectivity index (χ3n) is 4.83. The van der Waals surface area contributed by atoms with Gasteiger partial charge in [-0.15, -0.1) is 23.7 Å². The topological polar surface area (TPSA) is 3.24 Å². The number of nitrogens with zero attached hydrogens (tertiary/aromatic N) is 1. The van der Waals surface area contributed by atoms with Crippen molar-refractivity contribution in [1.82, 2.24) is 4.90 Å². The summed E-state index contributed by atoms with van der Waals surface area (Å²) in [5, 5.41) is 2.25. The normalized spacial score (nSPS) is 31.9. The molecule has 1 aliphatic heterocycles. The van der Waals surface area contributed by atoms with E-state index in [9.17, 15) is 0 Å². The zero-order chi connectivity index (χ0) is 12.4. The highest BCUT2D eigenvalue weighted by Gasteiger charge is 2.44. The lowest BCUT2D eigenvalue weighted by molar-refractivity contribution is 0.0118. The maximum atomic E-state index is 2.75. The van der Waals surface area contributed by atoms with Gasteiger partial charge in [0.05, 0.1) is 5.54 Å². The molecule has 3 heteroatoms. The Balaban J connectivity index is 0.00000133. The standard InChI is InChI=1S/C16H23NS.ClH/c1-14-8-3-4-10-16(14,15-9-7-13-18-15)17-11-5-2-6-12-17;/h2,5,7,9,13-14H,3-4,6,8,10-12H2,1H3;1H. The zero-order valence-electron chi connectivity index (χ0n) is 11.7. The Hall–Kier alpha value is -0.310. The van der Waals surface area contributed by atoms with Gasteiger partial charge in [-0.2, -0.15) is 0 Å². The van der Waals surface area contributed by atoms with E-state index in [1.54, 1.807) is 4.88 Å². The Kier molecular flexibility index (Phi) is 5.10. The van der Waals surface area contributed by atoms with E-state index < -0.39 is 0 Å². The van der Waals surface area contributed by atoms with Crippen LogP contribution in [0.3, 0.4) is 0 Å². The largest absolute Gasteiger partial charge is 0.289 e. The van der Waals surface area contributed by atoms with Gasteiger partial charge in [0.1, 0.15) is 0 Å². The predicted octanol–water partition coefficient (Wildman–Crippen LogP) is 4.84. The van der Waals surface area contributed by atoms with Crippen LogP contribution in [0.25, 0.3) is 0 Å². The summed E-state index contributed by atoms with van der Waals surface area (Å²) in [7, 11) is 0. The van der Waals surface area contributed by atoms with E-state index in [2.05, 4.69) is 41.5 Å². The molecular weight excluding hydrogens is 274 g/mol. The van der Waals surface area contributed by atoms with E-state index in [1.165, 1.54) is 38.6 Å². The maximum absolute atomic E-state index is 2.75. The van der Waals surface area contributed by atoms with Crippen molar-refractivity contribution in [2.24, 2.45) is 5.92 Å². The van der Waals surface area contributed by atoms with Crippen molar-refractivity contribution in [3.8, 4) is 0 Å². The number of rotatable bonds is 2. The molecule has 2 unspecified atom stereocenters. The fourth-order valence-electron chi connectivity index (χ4n) is 3.85. The van der Waals surface area contributed by atoms with E-state index in [4.69, 9.17) is 0 Å². The lowest BCUT2D eigenvalue weighted by atomic mass is 9.71. The summed E-state index contributed by atoms with van der Waals surface area (Å²) in [6.45, 7) is 4.85. The first kappa shape index (κ1) is 15.1. The molecule has 3 rings (SSSR count). The van der Waals surface area contributed by atoms with E-state index >= 15 is 0 Å². The third kappa shape index (κ3) is 2.63. The molecule has 2 aliphatic rings. The van der Waals surface area contributed by atoms with Gasteiger partial charge >= 0.3 is 0 Å². The van der Waals surface area contributed by atoms with Crippen LogP contribution < -0.4 is 0 Å². The summed E-state index contributed by atoms with van der Waals surface area (Å²) in [6.07, 6.45) is 11.5. The SMILES string of the molecule is CC1CCCCC1(c1cccs1)N1CC=CCC1.Cl.